The fraction of sp³-hybridized carbons (Fsp3) is 0.500. The minimum atomic E-state index is -0.342. The quantitative estimate of drug-likeness (QED) is 0.672. The van der Waals surface area contributed by atoms with Crippen LogP contribution in [-0.4, -0.2) is 24.1 Å². The second-order valence-electron chi connectivity index (χ2n) is 4.90. The van der Waals surface area contributed by atoms with Crippen molar-refractivity contribution in [2.75, 3.05) is 18.0 Å². The van der Waals surface area contributed by atoms with Crippen molar-refractivity contribution in [2.45, 2.75) is 19.4 Å². The molecular formula is C12H16BrN3O2. The SMILES string of the molecule is CC1CC(N)CN(c2ccc(Br)cc2[N+](=O)[O-])C1. The number of nitrogens with zero attached hydrogens (tertiary/aromatic N) is 2. The number of rotatable bonds is 2. The molecule has 2 atom stereocenters. The maximum absolute atomic E-state index is 11.1. The lowest BCUT2D eigenvalue weighted by Crippen LogP contribution is -2.46. The maximum atomic E-state index is 11.1. The third-order valence-electron chi connectivity index (χ3n) is 3.17. The predicted molar refractivity (Wildman–Crippen MR) is 74.8 cm³/mol. The molecule has 1 aliphatic heterocycles. The maximum Gasteiger partial charge on any atom is 0.293 e. The molecule has 18 heavy (non-hydrogen) atoms. The number of nitrogens with two attached hydrogens (primary N) is 1. The summed E-state index contributed by atoms with van der Waals surface area (Å²) >= 11 is 3.26. The lowest BCUT2D eigenvalue weighted by atomic mass is 9.96. The molecule has 0 spiro atoms. The highest BCUT2D eigenvalue weighted by Gasteiger charge is 2.27. The van der Waals surface area contributed by atoms with Crippen LogP contribution in [0.15, 0.2) is 22.7 Å². The third-order valence-corrected chi connectivity index (χ3v) is 3.66. The Labute approximate surface area is 114 Å². The van der Waals surface area contributed by atoms with Crippen LogP contribution >= 0.6 is 15.9 Å². The molecule has 2 unspecified atom stereocenters. The van der Waals surface area contributed by atoms with Gasteiger partial charge in [-0.05, 0) is 24.5 Å². The van der Waals surface area contributed by atoms with E-state index in [-0.39, 0.29) is 16.7 Å². The van der Waals surface area contributed by atoms with Gasteiger partial charge in [0.2, 0.25) is 0 Å². The van der Waals surface area contributed by atoms with Gasteiger partial charge in [0.15, 0.2) is 0 Å². The minimum absolute atomic E-state index is 0.0806. The number of benzene rings is 1. The Morgan fingerprint density at radius 3 is 2.83 bits per heavy atom. The minimum Gasteiger partial charge on any atom is -0.364 e. The third kappa shape index (κ3) is 2.81. The molecule has 0 bridgehead atoms. The summed E-state index contributed by atoms with van der Waals surface area (Å²) in [5, 5.41) is 11.1. The molecule has 0 aliphatic carbocycles. The van der Waals surface area contributed by atoms with E-state index >= 15 is 0 Å². The van der Waals surface area contributed by atoms with Crippen LogP contribution in [0.2, 0.25) is 0 Å². The van der Waals surface area contributed by atoms with E-state index < -0.39 is 0 Å². The first kappa shape index (κ1) is 13.3. The molecule has 2 N–H and O–H groups in total. The van der Waals surface area contributed by atoms with Crippen molar-refractivity contribution in [1.29, 1.82) is 0 Å². The highest BCUT2D eigenvalue weighted by molar-refractivity contribution is 9.10. The summed E-state index contributed by atoms with van der Waals surface area (Å²) in [6, 6.07) is 5.23. The van der Waals surface area contributed by atoms with E-state index in [2.05, 4.69) is 22.9 Å². The molecule has 0 radical (unpaired) electrons. The van der Waals surface area contributed by atoms with E-state index in [1.165, 1.54) is 0 Å². The van der Waals surface area contributed by atoms with Gasteiger partial charge >= 0.3 is 0 Å². The van der Waals surface area contributed by atoms with Gasteiger partial charge in [0.1, 0.15) is 5.69 Å². The van der Waals surface area contributed by atoms with Crippen molar-refractivity contribution in [1.82, 2.24) is 0 Å². The van der Waals surface area contributed by atoms with Gasteiger partial charge in [-0.3, -0.25) is 10.1 Å². The van der Waals surface area contributed by atoms with Crippen LogP contribution in [0.3, 0.4) is 0 Å². The zero-order chi connectivity index (χ0) is 13.3. The molecule has 2 rings (SSSR count). The molecule has 1 fully saturated rings. The number of halogens is 1. The fourth-order valence-corrected chi connectivity index (χ4v) is 2.86. The average Bonchev–Trinajstić information content (AvgIpc) is 2.27. The van der Waals surface area contributed by atoms with Crippen LogP contribution < -0.4 is 10.6 Å². The van der Waals surface area contributed by atoms with Crippen LogP contribution in [0.1, 0.15) is 13.3 Å². The van der Waals surface area contributed by atoms with Crippen LogP contribution in [0, 0.1) is 16.0 Å². The molecule has 0 aromatic heterocycles. The monoisotopic (exact) mass is 313 g/mol. The van der Waals surface area contributed by atoms with Gasteiger partial charge in [-0.2, -0.15) is 0 Å². The first-order valence-corrected chi connectivity index (χ1v) is 6.71. The number of hydrogen-bond donors (Lipinski definition) is 1. The van der Waals surface area contributed by atoms with E-state index in [0.29, 0.717) is 22.6 Å². The topological polar surface area (TPSA) is 72.4 Å². The number of nitro benzene ring substituents is 1. The normalized spacial score (nSPS) is 24.1. The van der Waals surface area contributed by atoms with Crippen LogP contribution in [0.25, 0.3) is 0 Å². The van der Waals surface area contributed by atoms with E-state index in [4.69, 9.17) is 5.73 Å². The molecule has 1 saturated heterocycles. The predicted octanol–water partition coefficient (Wildman–Crippen LogP) is 2.53. The van der Waals surface area contributed by atoms with Crippen LogP contribution in [0.4, 0.5) is 11.4 Å². The second kappa shape index (κ2) is 5.24. The van der Waals surface area contributed by atoms with Crippen molar-refractivity contribution < 1.29 is 4.92 Å². The largest absolute Gasteiger partial charge is 0.364 e. The molecule has 6 heteroatoms. The van der Waals surface area contributed by atoms with Gasteiger partial charge in [0.25, 0.3) is 5.69 Å². The Morgan fingerprint density at radius 2 is 2.22 bits per heavy atom. The first-order chi connectivity index (χ1) is 8.47. The second-order valence-corrected chi connectivity index (χ2v) is 5.81. The zero-order valence-electron chi connectivity index (χ0n) is 10.2. The van der Waals surface area contributed by atoms with Crippen molar-refractivity contribution in [3.05, 3.63) is 32.8 Å². The Hall–Kier alpha value is -1.14. The molecule has 0 saturated carbocycles. The lowest BCUT2D eigenvalue weighted by molar-refractivity contribution is -0.384. The molecular weight excluding hydrogens is 298 g/mol. The van der Waals surface area contributed by atoms with Gasteiger partial charge in [0, 0.05) is 29.7 Å². The summed E-state index contributed by atoms with van der Waals surface area (Å²) in [5.41, 5.74) is 6.78. The highest BCUT2D eigenvalue weighted by Crippen LogP contribution is 2.33. The van der Waals surface area contributed by atoms with Crippen molar-refractivity contribution >= 4 is 27.3 Å². The molecule has 1 aliphatic rings. The Bertz CT molecular complexity index is 457. The molecule has 5 nitrogen and oxygen atoms in total. The summed E-state index contributed by atoms with van der Waals surface area (Å²) < 4.78 is 0.715. The van der Waals surface area contributed by atoms with Crippen molar-refractivity contribution in [2.24, 2.45) is 11.7 Å². The standard InChI is InChI=1S/C12H16BrN3O2/c1-8-4-10(14)7-15(6-8)11-3-2-9(13)5-12(11)16(17)18/h2-3,5,8,10H,4,6-7,14H2,1H3. The molecule has 1 aromatic rings. The fourth-order valence-electron chi connectivity index (χ4n) is 2.51. The Morgan fingerprint density at radius 1 is 1.50 bits per heavy atom. The number of nitro groups is 1. The van der Waals surface area contributed by atoms with E-state index in [0.717, 1.165) is 13.0 Å². The summed E-state index contributed by atoms with van der Waals surface area (Å²) in [6.45, 7) is 3.61. The number of hydrogen-bond acceptors (Lipinski definition) is 4. The smallest absolute Gasteiger partial charge is 0.293 e. The molecule has 1 heterocycles. The molecule has 1 aromatic carbocycles. The highest BCUT2D eigenvalue weighted by atomic mass is 79.9. The first-order valence-electron chi connectivity index (χ1n) is 5.92. The Kier molecular flexibility index (Phi) is 3.87. The van der Waals surface area contributed by atoms with Gasteiger partial charge in [-0.1, -0.05) is 22.9 Å². The Balaban J connectivity index is 2.35. The molecule has 0 amide bonds. The number of anilines is 1. The summed E-state index contributed by atoms with van der Waals surface area (Å²) in [7, 11) is 0. The number of piperidine rings is 1. The van der Waals surface area contributed by atoms with Crippen LogP contribution in [0.5, 0.6) is 0 Å². The average molecular weight is 314 g/mol. The van der Waals surface area contributed by atoms with E-state index in [9.17, 15) is 10.1 Å². The van der Waals surface area contributed by atoms with E-state index in [1.54, 1.807) is 12.1 Å². The van der Waals surface area contributed by atoms with Gasteiger partial charge in [-0.25, -0.2) is 0 Å². The zero-order valence-corrected chi connectivity index (χ0v) is 11.8. The van der Waals surface area contributed by atoms with Crippen molar-refractivity contribution in [3.8, 4) is 0 Å². The van der Waals surface area contributed by atoms with Crippen molar-refractivity contribution in [3.63, 3.8) is 0 Å². The van der Waals surface area contributed by atoms with Crippen LogP contribution in [-0.2, 0) is 0 Å². The summed E-state index contributed by atoms with van der Waals surface area (Å²) in [4.78, 5) is 12.8. The summed E-state index contributed by atoms with van der Waals surface area (Å²) in [5.74, 6) is 0.456. The molecule has 98 valence electrons. The van der Waals surface area contributed by atoms with E-state index in [1.807, 2.05) is 11.0 Å². The van der Waals surface area contributed by atoms with Gasteiger partial charge < -0.3 is 10.6 Å². The lowest BCUT2D eigenvalue weighted by Gasteiger charge is -2.36. The summed E-state index contributed by atoms with van der Waals surface area (Å²) in [6.07, 6.45) is 0.973. The van der Waals surface area contributed by atoms with Gasteiger partial charge in [-0.15, -0.1) is 0 Å². The van der Waals surface area contributed by atoms with Gasteiger partial charge in [0.05, 0.1) is 4.92 Å².